The zero-order chi connectivity index (χ0) is 13.2. The van der Waals surface area contributed by atoms with Crippen LogP contribution in [0.4, 0.5) is 5.69 Å². The van der Waals surface area contributed by atoms with Gasteiger partial charge in [0.05, 0.1) is 17.0 Å². The lowest BCUT2D eigenvalue weighted by molar-refractivity contribution is 0.603. The number of benzene rings is 1. The normalized spacial score (nSPS) is 11.8. The molecule has 1 aromatic carbocycles. The van der Waals surface area contributed by atoms with Gasteiger partial charge in [0, 0.05) is 28.5 Å². The summed E-state index contributed by atoms with van der Waals surface area (Å²) in [6.07, 6.45) is 2.96. The summed E-state index contributed by atoms with van der Waals surface area (Å²) in [6.45, 7) is 0. The Labute approximate surface area is 111 Å². The van der Waals surface area contributed by atoms with Crippen molar-refractivity contribution in [2.45, 2.75) is 4.90 Å². The molecule has 0 spiro atoms. The standard InChI is InChI=1S/C12H14N2O2S2/c1-18(15,16)8-7-17-11-5-4-10-9(12(11)13)3-2-6-14-10/h2-6H,7-8,13H2,1H3. The van der Waals surface area contributed by atoms with Gasteiger partial charge in [-0.3, -0.25) is 4.98 Å². The van der Waals surface area contributed by atoms with E-state index in [-0.39, 0.29) is 5.75 Å². The van der Waals surface area contributed by atoms with Crippen molar-refractivity contribution in [2.24, 2.45) is 0 Å². The number of aromatic nitrogens is 1. The molecule has 0 fully saturated rings. The summed E-state index contributed by atoms with van der Waals surface area (Å²) in [5.41, 5.74) is 7.57. The van der Waals surface area contributed by atoms with E-state index in [4.69, 9.17) is 5.73 Å². The summed E-state index contributed by atoms with van der Waals surface area (Å²) in [5, 5.41) is 0.904. The highest BCUT2D eigenvalue weighted by Gasteiger charge is 2.07. The Balaban J connectivity index is 2.22. The molecule has 0 saturated heterocycles. The molecule has 0 amide bonds. The number of hydrogen-bond donors (Lipinski definition) is 1. The first kappa shape index (κ1) is 13.2. The second-order valence-electron chi connectivity index (χ2n) is 4.03. The van der Waals surface area contributed by atoms with Crippen LogP contribution in [0, 0.1) is 0 Å². The molecule has 96 valence electrons. The average Bonchev–Trinajstić information content (AvgIpc) is 2.31. The van der Waals surface area contributed by atoms with Crippen LogP contribution in [0.3, 0.4) is 0 Å². The monoisotopic (exact) mass is 282 g/mol. The van der Waals surface area contributed by atoms with Crippen LogP contribution in [0.15, 0.2) is 35.4 Å². The van der Waals surface area contributed by atoms with Crippen molar-refractivity contribution in [3.8, 4) is 0 Å². The van der Waals surface area contributed by atoms with Gasteiger partial charge in [-0.2, -0.15) is 0 Å². The first-order valence-corrected chi connectivity index (χ1v) is 8.46. The van der Waals surface area contributed by atoms with Crippen LogP contribution in [-0.2, 0) is 9.84 Å². The number of pyridine rings is 1. The molecule has 4 nitrogen and oxygen atoms in total. The van der Waals surface area contributed by atoms with Crippen molar-refractivity contribution in [3.05, 3.63) is 30.5 Å². The zero-order valence-corrected chi connectivity index (χ0v) is 11.6. The van der Waals surface area contributed by atoms with Gasteiger partial charge in [0.25, 0.3) is 0 Å². The van der Waals surface area contributed by atoms with Gasteiger partial charge in [-0.1, -0.05) is 0 Å². The van der Waals surface area contributed by atoms with E-state index >= 15 is 0 Å². The highest BCUT2D eigenvalue weighted by Crippen LogP contribution is 2.30. The van der Waals surface area contributed by atoms with E-state index in [1.807, 2.05) is 24.3 Å². The number of nitrogen functional groups attached to an aromatic ring is 1. The minimum Gasteiger partial charge on any atom is -0.397 e. The molecule has 0 aliphatic rings. The summed E-state index contributed by atoms with van der Waals surface area (Å²) < 4.78 is 22.1. The lowest BCUT2D eigenvalue weighted by Crippen LogP contribution is -2.05. The molecule has 0 unspecified atom stereocenters. The molecule has 1 heterocycles. The predicted octanol–water partition coefficient (Wildman–Crippen LogP) is 1.95. The van der Waals surface area contributed by atoms with E-state index in [2.05, 4.69) is 4.98 Å². The molecule has 6 heteroatoms. The van der Waals surface area contributed by atoms with Gasteiger partial charge < -0.3 is 5.73 Å². The van der Waals surface area contributed by atoms with Crippen LogP contribution < -0.4 is 5.73 Å². The SMILES string of the molecule is CS(=O)(=O)CCSc1ccc2ncccc2c1N. The highest BCUT2D eigenvalue weighted by molar-refractivity contribution is 8.00. The Morgan fingerprint density at radius 2 is 2.11 bits per heavy atom. The molecule has 0 aliphatic heterocycles. The summed E-state index contributed by atoms with van der Waals surface area (Å²) in [6, 6.07) is 7.54. The molecule has 0 bridgehead atoms. The maximum atomic E-state index is 11.1. The Hall–Kier alpha value is -1.27. The van der Waals surface area contributed by atoms with Gasteiger partial charge >= 0.3 is 0 Å². The first-order chi connectivity index (χ1) is 8.47. The number of hydrogen-bond acceptors (Lipinski definition) is 5. The highest BCUT2D eigenvalue weighted by atomic mass is 32.2. The molecular weight excluding hydrogens is 268 g/mol. The number of thioether (sulfide) groups is 1. The fourth-order valence-corrected chi connectivity index (χ4v) is 3.78. The third kappa shape index (κ3) is 3.14. The second-order valence-corrected chi connectivity index (χ2v) is 7.42. The van der Waals surface area contributed by atoms with Crippen molar-refractivity contribution in [2.75, 3.05) is 23.5 Å². The van der Waals surface area contributed by atoms with Gasteiger partial charge in [0.1, 0.15) is 9.84 Å². The Morgan fingerprint density at radius 1 is 1.33 bits per heavy atom. The van der Waals surface area contributed by atoms with E-state index in [9.17, 15) is 8.42 Å². The molecule has 0 radical (unpaired) electrons. The topological polar surface area (TPSA) is 73.0 Å². The molecule has 2 N–H and O–H groups in total. The minimum atomic E-state index is -2.92. The molecule has 2 rings (SSSR count). The first-order valence-electron chi connectivity index (χ1n) is 5.41. The zero-order valence-electron chi connectivity index (χ0n) is 9.96. The van der Waals surface area contributed by atoms with Gasteiger partial charge in [0.2, 0.25) is 0 Å². The molecule has 2 aromatic rings. The summed E-state index contributed by atoms with van der Waals surface area (Å²) in [4.78, 5) is 5.12. The quantitative estimate of drug-likeness (QED) is 0.685. The summed E-state index contributed by atoms with van der Waals surface area (Å²) >= 11 is 1.46. The van der Waals surface area contributed by atoms with Crippen molar-refractivity contribution in [1.29, 1.82) is 0 Å². The fourth-order valence-electron chi connectivity index (χ4n) is 1.58. The van der Waals surface area contributed by atoms with E-state index in [0.717, 1.165) is 15.8 Å². The largest absolute Gasteiger partial charge is 0.397 e. The van der Waals surface area contributed by atoms with Crippen molar-refractivity contribution in [3.63, 3.8) is 0 Å². The fraction of sp³-hybridized carbons (Fsp3) is 0.250. The third-order valence-corrected chi connectivity index (χ3v) is 4.78. The second kappa shape index (κ2) is 5.16. The molecule has 1 aromatic heterocycles. The van der Waals surface area contributed by atoms with Gasteiger partial charge in [-0.05, 0) is 24.3 Å². The van der Waals surface area contributed by atoms with E-state index in [0.29, 0.717) is 11.4 Å². The van der Waals surface area contributed by atoms with Gasteiger partial charge in [0.15, 0.2) is 0 Å². The molecule has 18 heavy (non-hydrogen) atoms. The van der Waals surface area contributed by atoms with Crippen LogP contribution in [0.1, 0.15) is 0 Å². The number of nitrogens with zero attached hydrogens (tertiary/aromatic N) is 1. The number of rotatable bonds is 4. The Kier molecular flexibility index (Phi) is 3.77. The molecular formula is C12H14N2O2S2. The average molecular weight is 282 g/mol. The summed E-state index contributed by atoms with van der Waals surface area (Å²) in [7, 11) is -2.92. The van der Waals surface area contributed by atoms with Crippen molar-refractivity contribution < 1.29 is 8.42 Å². The summed E-state index contributed by atoms with van der Waals surface area (Å²) in [5.74, 6) is 0.664. The third-order valence-electron chi connectivity index (χ3n) is 2.50. The van der Waals surface area contributed by atoms with Crippen LogP contribution in [0.25, 0.3) is 10.9 Å². The van der Waals surface area contributed by atoms with Crippen molar-refractivity contribution >= 4 is 38.2 Å². The van der Waals surface area contributed by atoms with Crippen LogP contribution in [-0.4, -0.2) is 31.2 Å². The molecule has 0 atom stereocenters. The minimum absolute atomic E-state index is 0.155. The van der Waals surface area contributed by atoms with Crippen LogP contribution in [0.5, 0.6) is 0 Å². The van der Waals surface area contributed by atoms with E-state index in [1.54, 1.807) is 6.20 Å². The molecule has 0 aliphatic carbocycles. The lowest BCUT2D eigenvalue weighted by Gasteiger charge is -2.07. The van der Waals surface area contributed by atoms with E-state index < -0.39 is 9.84 Å². The van der Waals surface area contributed by atoms with Crippen LogP contribution in [0.2, 0.25) is 0 Å². The van der Waals surface area contributed by atoms with E-state index in [1.165, 1.54) is 18.0 Å². The van der Waals surface area contributed by atoms with Crippen LogP contribution >= 0.6 is 11.8 Å². The number of anilines is 1. The predicted molar refractivity (Wildman–Crippen MR) is 76.6 cm³/mol. The smallest absolute Gasteiger partial charge is 0.148 e. The Morgan fingerprint density at radius 3 is 2.83 bits per heavy atom. The maximum absolute atomic E-state index is 11.1. The number of nitrogens with two attached hydrogens (primary N) is 1. The molecule has 0 saturated carbocycles. The Bertz CT molecular complexity index is 669. The van der Waals surface area contributed by atoms with Gasteiger partial charge in [-0.15, -0.1) is 11.8 Å². The number of sulfone groups is 1. The maximum Gasteiger partial charge on any atom is 0.148 e. The van der Waals surface area contributed by atoms with Gasteiger partial charge in [-0.25, -0.2) is 8.42 Å². The number of fused-ring (bicyclic) bond motifs is 1. The van der Waals surface area contributed by atoms with Crippen molar-refractivity contribution in [1.82, 2.24) is 4.98 Å². The lowest BCUT2D eigenvalue weighted by atomic mass is 10.2.